The van der Waals surface area contributed by atoms with Gasteiger partial charge in [0.05, 0.1) is 44.5 Å². The molecule has 10 heterocycles. The molecular formula is C32H16O16S8. The summed E-state index contributed by atoms with van der Waals surface area (Å²) >= 11 is 0. The highest BCUT2D eigenvalue weighted by molar-refractivity contribution is 8.77. The summed E-state index contributed by atoms with van der Waals surface area (Å²) in [4.78, 5) is 97.5. The molecule has 0 fully saturated rings. The number of benzene rings is 4. The Bertz CT molecular complexity index is 1930. The average molecular weight is 913 g/mol. The van der Waals surface area contributed by atoms with Crippen LogP contribution in [-0.2, 0) is 0 Å². The third-order valence-corrected chi connectivity index (χ3v) is 16.8. The number of hydrogen-bond donors (Lipinski definition) is 8. The van der Waals surface area contributed by atoms with Crippen LogP contribution in [0.25, 0.3) is 0 Å². The van der Waals surface area contributed by atoms with Crippen LogP contribution in [-0.4, -0.2) is 88.6 Å². The van der Waals surface area contributed by atoms with E-state index in [4.69, 9.17) is 0 Å². The molecule has 0 aliphatic carbocycles. The van der Waals surface area contributed by atoms with Gasteiger partial charge >= 0.3 is 47.8 Å². The van der Waals surface area contributed by atoms with Gasteiger partial charge < -0.3 is 40.9 Å². The lowest BCUT2D eigenvalue weighted by molar-refractivity contribution is 0.0675. The van der Waals surface area contributed by atoms with Crippen molar-refractivity contribution in [2.45, 2.75) is 39.2 Å². The number of rotatable bonds is 8. The lowest BCUT2D eigenvalue weighted by Crippen LogP contribution is -2.07. The van der Waals surface area contributed by atoms with Crippen LogP contribution in [0.1, 0.15) is 82.9 Å². The van der Waals surface area contributed by atoms with Crippen molar-refractivity contribution in [1.82, 2.24) is 0 Å². The van der Waals surface area contributed by atoms with Crippen molar-refractivity contribution in [2.75, 3.05) is 0 Å². The molecule has 8 bridgehead atoms. The standard InChI is InChI=1S/C32H16O16S8/c33-25(34)9-1-17-10(26(35)36)2-18(9)50-52-20-5-14(30(43)44)22(6-13(20)29(41)42)54-56-24-8-15(31(45)46)23(7-16(24)32(47)48)55-53-21-4-11(27(37)38)19(51-49-17)3-12(21)28(39)40/h1-8H,(H,33,34)(H,35,36)(H,37,38)(H,39,40)(H,41,42)(H,43,44)(H,45,46)(H,47,48). The Kier molecular flexibility index (Phi) is 13.5. The maximum atomic E-state index is 12.4. The highest BCUT2D eigenvalue weighted by atomic mass is 33.1. The Morgan fingerprint density at radius 3 is 0.393 bits per heavy atom. The van der Waals surface area contributed by atoms with Crippen molar-refractivity contribution in [3.05, 3.63) is 93.0 Å². The average Bonchev–Trinajstić information content (AvgIpc) is 3.13. The first-order chi connectivity index (χ1) is 26.4. The van der Waals surface area contributed by atoms with Crippen LogP contribution in [0.4, 0.5) is 0 Å². The minimum absolute atomic E-state index is 0.192. The molecule has 24 heteroatoms. The summed E-state index contributed by atoms with van der Waals surface area (Å²) in [6.07, 6.45) is 0. The Morgan fingerprint density at radius 1 is 0.232 bits per heavy atom. The van der Waals surface area contributed by atoms with E-state index in [2.05, 4.69) is 0 Å². The Morgan fingerprint density at radius 2 is 0.321 bits per heavy atom. The van der Waals surface area contributed by atoms with Crippen LogP contribution in [0, 0.1) is 0 Å². The monoisotopic (exact) mass is 912 g/mol. The first-order valence-electron chi connectivity index (χ1n) is 14.3. The fraction of sp³-hybridized carbons (Fsp3) is 0. The van der Waals surface area contributed by atoms with E-state index in [0.717, 1.165) is 48.5 Å². The van der Waals surface area contributed by atoms with Crippen molar-refractivity contribution in [2.24, 2.45) is 0 Å². The van der Waals surface area contributed by atoms with Crippen molar-refractivity contribution in [3.8, 4) is 0 Å². The zero-order valence-electron chi connectivity index (χ0n) is 26.7. The van der Waals surface area contributed by atoms with Gasteiger partial charge in [-0.05, 0) is 48.5 Å². The summed E-state index contributed by atoms with van der Waals surface area (Å²) in [5.74, 6) is -12.3. The summed E-state index contributed by atoms with van der Waals surface area (Å²) in [5, 5.41) is 80.4. The molecule has 0 amide bonds. The van der Waals surface area contributed by atoms with Gasteiger partial charge in [0.15, 0.2) is 0 Å². The Labute approximate surface area is 343 Å². The number of carboxylic acids is 8. The van der Waals surface area contributed by atoms with Gasteiger partial charge in [-0.3, -0.25) is 0 Å². The van der Waals surface area contributed by atoms with E-state index in [1.54, 1.807) is 0 Å². The molecule has 4 aromatic rings. The molecule has 0 saturated carbocycles. The second kappa shape index (κ2) is 17.7. The molecule has 8 N–H and O–H groups in total. The second-order valence-corrected chi connectivity index (χ2v) is 19.3. The molecule has 0 spiro atoms. The number of hydrogen-bond acceptors (Lipinski definition) is 16. The van der Waals surface area contributed by atoms with Crippen LogP contribution >= 0.6 is 86.4 Å². The SMILES string of the molecule is O=C(O)c1cc2c(C(=O)O)cc1SSc1cc(C(=O)O)c(cc1C(=O)O)SSc1cc(C(=O)O)c(cc1C(=O)O)SSc1cc(C(=O)O)c(cc1C(=O)O)SS2. The van der Waals surface area contributed by atoms with Gasteiger partial charge in [0.2, 0.25) is 0 Å². The third-order valence-electron chi connectivity index (χ3n) is 7.06. The molecule has 0 aromatic heterocycles. The van der Waals surface area contributed by atoms with E-state index < -0.39 is 92.3 Å². The summed E-state index contributed by atoms with van der Waals surface area (Å²) < 4.78 is 0. The summed E-state index contributed by atoms with van der Waals surface area (Å²) in [7, 11) is 4.81. The molecular weight excluding hydrogens is 897 g/mol. The molecule has 0 unspecified atom stereocenters. The van der Waals surface area contributed by atoms with Crippen molar-refractivity contribution >= 4 is 134 Å². The first-order valence-corrected chi connectivity index (χ1v) is 22.9. The van der Waals surface area contributed by atoms with E-state index in [1.165, 1.54) is 0 Å². The van der Waals surface area contributed by atoms with Gasteiger partial charge in [0.1, 0.15) is 0 Å². The molecule has 16 nitrogen and oxygen atoms in total. The van der Waals surface area contributed by atoms with Crippen LogP contribution in [0.3, 0.4) is 0 Å². The van der Waals surface area contributed by atoms with E-state index in [0.29, 0.717) is 86.4 Å². The predicted molar refractivity (Wildman–Crippen MR) is 208 cm³/mol. The summed E-state index contributed by atoms with van der Waals surface area (Å²) in [6.45, 7) is 0. The lowest BCUT2D eigenvalue weighted by atomic mass is 10.1. The fourth-order valence-electron chi connectivity index (χ4n) is 4.49. The van der Waals surface area contributed by atoms with Gasteiger partial charge in [0.25, 0.3) is 0 Å². The summed E-state index contributed by atoms with van der Waals surface area (Å²) in [6, 6.07) is 7.88. The first kappa shape index (κ1) is 42.6. The van der Waals surface area contributed by atoms with Crippen LogP contribution in [0.2, 0.25) is 0 Å². The van der Waals surface area contributed by atoms with Crippen LogP contribution in [0.15, 0.2) is 87.7 Å². The topological polar surface area (TPSA) is 298 Å². The lowest BCUT2D eigenvalue weighted by Gasteiger charge is -2.16. The number of carbonyl (C=O) groups is 8. The molecule has 10 aliphatic rings. The highest BCUT2D eigenvalue weighted by Gasteiger charge is 2.27. The maximum Gasteiger partial charge on any atom is 0.336 e. The molecule has 10 aliphatic heterocycles. The molecule has 0 atom stereocenters. The van der Waals surface area contributed by atoms with Gasteiger partial charge in [-0.15, -0.1) is 0 Å². The van der Waals surface area contributed by atoms with E-state index in [-0.39, 0.29) is 39.2 Å². The minimum Gasteiger partial charge on any atom is -0.478 e. The zero-order chi connectivity index (χ0) is 41.2. The molecule has 0 saturated heterocycles. The van der Waals surface area contributed by atoms with Gasteiger partial charge in [0, 0.05) is 39.2 Å². The Hall–Kier alpha value is -4.56. The smallest absolute Gasteiger partial charge is 0.336 e. The normalized spacial score (nSPS) is 12.9. The maximum absolute atomic E-state index is 12.4. The molecule has 14 rings (SSSR count). The quantitative estimate of drug-likeness (QED) is 0.0766. The fourth-order valence-corrected chi connectivity index (χ4v) is 13.9. The van der Waals surface area contributed by atoms with E-state index in [1.807, 2.05) is 0 Å². The minimum atomic E-state index is -1.54. The third kappa shape index (κ3) is 9.34. The van der Waals surface area contributed by atoms with Gasteiger partial charge in [-0.25, -0.2) is 38.4 Å². The second-order valence-electron chi connectivity index (χ2n) is 10.5. The van der Waals surface area contributed by atoms with E-state index in [9.17, 15) is 79.2 Å². The predicted octanol–water partition coefficient (Wildman–Crippen LogP) is 8.78. The molecule has 288 valence electrons. The van der Waals surface area contributed by atoms with Gasteiger partial charge in [-0.1, -0.05) is 86.4 Å². The molecule has 56 heavy (non-hydrogen) atoms. The Balaban J connectivity index is 1.77. The largest absolute Gasteiger partial charge is 0.478 e. The summed E-state index contributed by atoms with van der Waals surface area (Å²) in [5.41, 5.74) is -3.68. The van der Waals surface area contributed by atoms with E-state index >= 15 is 0 Å². The molecule has 0 radical (unpaired) electrons. The van der Waals surface area contributed by atoms with Crippen molar-refractivity contribution in [3.63, 3.8) is 0 Å². The number of aromatic carboxylic acids is 8. The van der Waals surface area contributed by atoms with Crippen molar-refractivity contribution < 1.29 is 79.2 Å². The van der Waals surface area contributed by atoms with Gasteiger partial charge in [-0.2, -0.15) is 0 Å². The molecule has 4 aromatic carbocycles. The van der Waals surface area contributed by atoms with Crippen LogP contribution < -0.4 is 0 Å². The highest BCUT2D eigenvalue weighted by Crippen LogP contribution is 2.50. The zero-order valence-corrected chi connectivity index (χ0v) is 33.3. The van der Waals surface area contributed by atoms with Crippen LogP contribution in [0.5, 0.6) is 0 Å². The van der Waals surface area contributed by atoms with Crippen molar-refractivity contribution in [1.29, 1.82) is 0 Å². The number of carboxylic acid groups (broad SMARTS) is 8.